The first-order valence-corrected chi connectivity index (χ1v) is 4.05. The van der Waals surface area contributed by atoms with Crippen molar-refractivity contribution in [2.24, 2.45) is 0 Å². The smallest absolute Gasteiger partial charge is 0.211 e. The van der Waals surface area contributed by atoms with Gasteiger partial charge in [-0.05, 0) is 13.0 Å². The van der Waals surface area contributed by atoms with Crippen LogP contribution in [-0.4, -0.2) is 48.7 Å². The van der Waals surface area contributed by atoms with E-state index in [2.05, 4.69) is 6.58 Å². The largest absolute Gasteiger partial charge is 1.00 e. The van der Waals surface area contributed by atoms with Crippen molar-refractivity contribution >= 4 is 5.78 Å². The molecular formula is C9H18ClNO2. The Morgan fingerprint density at radius 1 is 1.62 bits per heavy atom. The van der Waals surface area contributed by atoms with E-state index in [0.29, 0.717) is 11.0 Å². The zero-order chi connectivity index (χ0) is 9.78. The fraction of sp³-hybridized carbons (Fsp3) is 0.667. The van der Waals surface area contributed by atoms with Gasteiger partial charge in [0.25, 0.3) is 0 Å². The van der Waals surface area contributed by atoms with E-state index in [4.69, 9.17) is 5.11 Å². The molecule has 4 heteroatoms. The number of ketones is 1. The van der Waals surface area contributed by atoms with Crippen molar-refractivity contribution in [3.63, 3.8) is 0 Å². The molecule has 13 heavy (non-hydrogen) atoms. The van der Waals surface area contributed by atoms with E-state index in [9.17, 15) is 4.79 Å². The second-order valence-corrected chi connectivity index (χ2v) is 3.51. The van der Waals surface area contributed by atoms with E-state index in [-0.39, 0.29) is 30.8 Å². The summed E-state index contributed by atoms with van der Waals surface area (Å²) < 4.78 is 0.501. The van der Waals surface area contributed by atoms with Gasteiger partial charge in [-0.15, -0.1) is 0 Å². The molecule has 0 aliphatic carbocycles. The first kappa shape index (κ1) is 15.1. The van der Waals surface area contributed by atoms with Gasteiger partial charge in [-0.25, -0.2) is 0 Å². The molecule has 78 valence electrons. The van der Waals surface area contributed by atoms with Gasteiger partial charge in [0.05, 0.1) is 20.7 Å². The van der Waals surface area contributed by atoms with Crippen molar-refractivity contribution in [3.05, 3.63) is 12.7 Å². The van der Waals surface area contributed by atoms with E-state index < -0.39 is 0 Å². The Kier molecular flexibility index (Phi) is 7.13. The molecule has 0 radical (unpaired) electrons. The number of aliphatic hydroxyl groups is 1. The Balaban J connectivity index is 0. The monoisotopic (exact) mass is 207 g/mol. The summed E-state index contributed by atoms with van der Waals surface area (Å²) in [6.45, 7) is 5.96. The highest BCUT2D eigenvalue weighted by Gasteiger charge is 2.27. The third-order valence-corrected chi connectivity index (χ3v) is 2.34. The highest BCUT2D eigenvalue weighted by atomic mass is 35.5. The van der Waals surface area contributed by atoms with Crippen LogP contribution in [0.25, 0.3) is 0 Å². The van der Waals surface area contributed by atoms with E-state index in [0.717, 1.165) is 0 Å². The molecule has 1 unspecified atom stereocenters. The molecule has 0 spiro atoms. The lowest BCUT2D eigenvalue weighted by Gasteiger charge is -2.33. The average molecular weight is 208 g/mol. The van der Waals surface area contributed by atoms with E-state index >= 15 is 0 Å². The van der Waals surface area contributed by atoms with Crippen LogP contribution < -0.4 is 12.4 Å². The summed E-state index contributed by atoms with van der Waals surface area (Å²) in [6.07, 6.45) is 1.34. The first-order chi connectivity index (χ1) is 5.45. The number of hydrogen-bond acceptors (Lipinski definition) is 2. The van der Waals surface area contributed by atoms with Crippen LogP contribution in [0.3, 0.4) is 0 Å². The minimum absolute atomic E-state index is 0. The maximum Gasteiger partial charge on any atom is 0.211 e. The number of likely N-dealkylation sites (N-methyl/N-ethyl adjacent to an activating group) is 1. The molecule has 0 heterocycles. The summed E-state index contributed by atoms with van der Waals surface area (Å²) in [7, 11) is 3.84. The van der Waals surface area contributed by atoms with Crippen LogP contribution in [0.5, 0.6) is 0 Å². The summed E-state index contributed by atoms with van der Waals surface area (Å²) in [5, 5.41) is 8.75. The standard InChI is InChI=1S/C9H18NO2.ClH/c1-5-9(12)8(2)10(3,4)6-7-11;/h5,8,11H,1,6-7H2,2-4H3;1H/q+1;/p-1. The fourth-order valence-corrected chi connectivity index (χ4v) is 0.966. The van der Waals surface area contributed by atoms with Crippen molar-refractivity contribution in [2.75, 3.05) is 27.2 Å². The van der Waals surface area contributed by atoms with Crippen molar-refractivity contribution in [2.45, 2.75) is 13.0 Å². The summed E-state index contributed by atoms with van der Waals surface area (Å²) in [5.41, 5.74) is 0. The Hall–Kier alpha value is -0.380. The maximum absolute atomic E-state index is 11.2. The van der Waals surface area contributed by atoms with Crippen molar-refractivity contribution in [1.82, 2.24) is 0 Å². The zero-order valence-corrected chi connectivity index (χ0v) is 9.21. The average Bonchev–Trinajstić information content (AvgIpc) is 2.01. The molecule has 0 bridgehead atoms. The van der Waals surface area contributed by atoms with Gasteiger partial charge >= 0.3 is 0 Å². The highest BCUT2D eigenvalue weighted by molar-refractivity contribution is 5.92. The molecule has 0 saturated heterocycles. The van der Waals surface area contributed by atoms with Crippen LogP contribution in [0, 0.1) is 0 Å². The quantitative estimate of drug-likeness (QED) is 0.391. The fourth-order valence-electron chi connectivity index (χ4n) is 0.966. The van der Waals surface area contributed by atoms with Crippen LogP contribution in [0.15, 0.2) is 12.7 Å². The lowest BCUT2D eigenvalue weighted by atomic mass is 10.1. The molecular weight excluding hydrogens is 190 g/mol. The van der Waals surface area contributed by atoms with E-state index in [1.54, 1.807) is 0 Å². The number of carbonyl (C=O) groups is 1. The van der Waals surface area contributed by atoms with Gasteiger partial charge in [-0.2, -0.15) is 0 Å². The molecule has 0 aromatic rings. The van der Waals surface area contributed by atoms with Crippen molar-refractivity contribution < 1.29 is 26.8 Å². The summed E-state index contributed by atoms with van der Waals surface area (Å²) >= 11 is 0. The van der Waals surface area contributed by atoms with Crippen molar-refractivity contribution in [1.29, 1.82) is 0 Å². The number of rotatable bonds is 5. The number of quaternary nitrogens is 1. The highest BCUT2D eigenvalue weighted by Crippen LogP contribution is 2.06. The van der Waals surface area contributed by atoms with Crippen LogP contribution in [0.1, 0.15) is 6.92 Å². The Morgan fingerprint density at radius 3 is 2.38 bits per heavy atom. The topological polar surface area (TPSA) is 37.3 Å². The molecule has 0 fully saturated rings. The molecule has 0 rings (SSSR count). The van der Waals surface area contributed by atoms with Gasteiger partial charge in [0.2, 0.25) is 5.78 Å². The summed E-state index contributed by atoms with van der Waals surface area (Å²) in [5.74, 6) is 0.0217. The van der Waals surface area contributed by atoms with Gasteiger partial charge in [0.1, 0.15) is 12.6 Å². The third-order valence-electron chi connectivity index (χ3n) is 2.34. The molecule has 0 aliphatic rings. The van der Waals surface area contributed by atoms with Crippen LogP contribution in [-0.2, 0) is 4.79 Å². The predicted molar refractivity (Wildman–Crippen MR) is 48.7 cm³/mol. The number of nitrogens with zero attached hydrogens (tertiary/aromatic N) is 1. The second kappa shape index (κ2) is 6.13. The van der Waals surface area contributed by atoms with Gasteiger partial charge in [0, 0.05) is 0 Å². The summed E-state index contributed by atoms with van der Waals surface area (Å²) in [6, 6.07) is -0.130. The van der Waals surface area contributed by atoms with Crippen molar-refractivity contribution in [3.8, 4) is 0 Å². The Bertz CT molecular complexity index is 180. The number of halogens is 1. The normalized spacial score (nSPS) is 12.9. The lowest BCUT2D eigenvalue weighted by Crippen LogP contribution is -3.00. The number of hydrogen-bond donors (Lipinski definition) is 1. The molecule has 0 aromatic heterocycles. The molecule has 0 aliphatic heterocycles. The lowest BCUT2D eigenvalue weighted by molar-refractivity contribution is -0.903. The van der Waals surface area contributed by atoms with Crippen LogP contribution >= 0.6 is 0 Å². The summed E-state index contributed by atoms with van der Waals surface area (Å²) in [4.78, 5) is 11.2. The molecule has 0 aromatic carbocycles. The molecule has 0 saturated carbocycles. The maximum atomic E-state index is 11.2. The molecule has 1 N–H and O–H groups in total. The van der Waals surface area contributed by atoms with Crippen LogP contribution in [0.2, 0.25) is 0 Å². The van der Waals surface area contributed by atoms with E-state index in [1.807, 2.05) is 21.0 Å². The Morgan fingerprint density at radius 2 is 2.08 bits per heavy atom. The predicted octanol–water partition coefficient (Wildman–Crippen LogP) is -2.80. The number of carbonyl (C=O) groups excluding carboxylic acids is 1. The van der Waals surface area contributed by atoms with E-state index in [1.165, 1.54) is 6.08 Å². The SMILES string of the molecule is C=CC(=O)C(C)[N+](C)(C)CCO.[Cl-]. The Labute approximate surface area is 86.0 Å². The molecule has 0 amide bonds. The van der Waals surface area contributed by atoms with Gasteiger partial charge in [-0.3, -0.25) is 4.79 Å². The van der Waals surface area contributed by atoms with Gasteiger partial charge in [0.15, 0.2) is 0 Å². The molecule has 3 nitrogen and oxygen atoms in total. The minimum Gasteiger partial charge on any atom is -1.00 e. The number of aliphatic hydroxyl groups excluding tert-OH is 1. The zero-order valence-electron chi connectivity index (χ0n) is 8.46. The first-order valence-electron chi connectivity index (χ1n) is 4.05. The molecule has 1 atom stereocenters. The minimum atomic E-state index is -0.130. The van der Waals surface area contributed by atoms with Crippen LogP contribution in [0.4, 0.5) is 0 Å². The second-order valence-electron chi connectivity index (χ2n) is 3.51. The third kappa shape index (κ3) is 4.41. The van der Waals surface area contributed by atoms with Gasteiger partial charge < -0.3 is 22.0 Å². The van der Waals surface area contributed by atoms with Gasteiger partial charge in [-0.1, -0.05) is 6.58 Å².